The van der Waals surface area contributed by atoms with Crippen molar-refractivity contribution in [2.45, 2.75) is 161 Å². The number of carbonyl (C=O) groups is 7. The molecule has 4 aliphatic heterocycles. The van der Waals surface area contributed by atoms with E-state index < -0.39 is 0 Å². The molecule has 58 heavy (non-hydrogen) atoms. The normalized spacial score (nSPS) is 25.2. The van der Waals surface area contributed by atoms with Crippen LogP contribution in [0.15, 0.2) is 12.3 Å². The Labute approximate surface area is 352 Å². The molecule has 7 amide bonds. The first kappa shape index (κ1) is 52.6. The highest BCUT2D eigenvalue weighted by Gasteiger charge is 2.47. The third kappa shape index (κ3) is 13.9. The third-order valence-corrected chi connectivity index (χ3v) is 11.6. The first-order valence-electron chi connectivity index (χ1n) is 22.1. The summed E-state index contributed by atoms with van der Waals surface area (Å²) in [5.74, 6) is 3.19. The van der Waals surface area contributed by atoms with Crippen molar-refractivity contribution in [2.24, 2.45) is 71.0 Å². The summed E-state index contributed by atoms with van der Waals surface area (Å²) in [5, 5.41) is 0. The largest absolute Gasteiger partial charge is 0.319 e. The van der Waals surface area contributed by atoms with E-state index in [1.807, 2.05) is 48.6 Å². The number of rotatable bonds is 12. The number of hydrogen-bond acceptors (Lipinski definition) is 7. The van der Waals surface area contributed by atoms with Crippen LogP contribution < -0.4 is 0 Å². The van der Waals surface area contributed by atoms with Crippen molar-refractivity contribution in [2.75, 3.05) is 14.1 Å². The summed E-state index contributed by atoms with van der Waals surface area (Å²) in [6, 6.07) is 0.0133. The van der Waals surface area contributed by atoms with Gasteiger partial charge in [0.25, 0.3) is 0 Å². The molecule has 4 rings (SSSR count). The van der Waals surface area contributed by atoms with Crippen molar-refractivity contribution in [3.8, 4) is 0 Å². The van der Waals surface area contributed by atoms with Crippen LogP contribution in [-0.2, 0) is 33.6 Å². The summed E-state index contributed by atoms with van der Waals surface area (Å²) in [4.78, 5) is 88.3. The average Bonchev–Trinajstić information content (AvgIpc) is 3.67. The van der Waals surface area contributed by atoms with E-state index in [1.165, 1.54) is 14.7 Å². The standard InChI is InChI=1S/C13H23NO.C12H21NO2.2C11H19NO2/c1-8(2)7-11-12(9(3)4)10(5)14(6)13(11)15;1-7(2)6-9-10(8(3)4)12(15)13(5)11(9)14;2*1-7(2)5-9-6-10(13)12(8(3)4)11(9)14/h8-9,11-12H,5,7H2,1-4,6H3;7-10H,6H2,1-5H3;2*7-9H,5-6H2,1-4H3. The first-order valence-corrected chi connectivity index (χ1v) is 22.1. The Morgan fingerprint density at radius 2 is 0.759 bits per heavy atom. The second-order valence-electron chi connectivity index (χ2n) is 20.1. The van der Waals surface area contributed by atoms with Gasteiger partial charge >= 0.3 is 0 Å². The van der Waals surface area contributed by atoms with Gasteiger partial charge in [0.1, 0.15) is 0 Å². The number of likely N-dealkylation sites (tertiary alicyclic amines) is 4. The van der Waals surface area contributed by atoms with E-state index in [-0.39, 0.29) is 88.9 Å². The molecule has 0 spiro atoms. The zero-order valence-electron chi connectivity index (χ0n) is 39.7. The lowest BCUT2D eigenvalue weighted by molar-refractivity contribution is -0.143. The molecular weight excluding hydrogens is 733 g/mol. The molecule has 6 atom stereocenters. The van der Waals surface area contributed by atoms with Gasteiger partial charge < -0.3 is 4.90 Å². The Bertz CT molecular complexity index is 1350. The molecule has 0 N–H and O–H groups in total. The number of hydrogen-bond donors (Lipinski definition) is 0. The number of nitrogens with zero attached hydrogens (tertiary/aromatic N) is 4. The van der Waals surface area contributed by atoms with Crippen LogP contribution in [0.25, 0.3) is 0 Å². The summed E-state index contributed by atoms with van der Waals surface area (Å²) >= 11 is 0. The summed E-state index contributed by atoms with van der Waals surface area (Å²) in [7, 11) is 3.45. The molecule has 4 aliphatic rings. The molecule has 0 bridgehead atoms. The van der Waals surface area contributed by atoms with Crippen LogP contribution in [0, 0.1) is 71.0 Å². The van der Waals surface area contributed by atoms with E-state index in [4.69, 9.17) is 0 Å². The minimum Gasteiger partial charge on any atom is -0.319 e. The highest BCUT2D eigenvalue weighted by Crippen LogP contribution is 2.40. The maximum absolute atomic E-state index is 12.0. The topological polar surface area (TPSA) is 132 Å². The van der Waals surface area contributed by atoms with E-state index in [9.17, 15) is 33.6 Å². The molecule has 6 unspecified atom stereocenters. The van der Waals surface area contributed by atoms with Crippen molar-refractivity contribution in [1.29, 1.82) is 0 Å². The van der Waals surface area contributed by atoms with Gasteiger partial charge in [0.2, 0.25) is 41.4 Å². The minimum absolute atomic E-state index is 0.000602. The average molecular weight is 815 g/mol. The first-order chi connectivity index (χ1) is 26.6. The molecule has 0 aromatic heterocycles. The maximum Gasteiger partial charge on any atom is 0.233 e. The number of carbonyl (C=O) groups excluding carboxylic acids is 7. The summed E-state index contributed by atoms with van der Waals surface area (Å²) in [5.41, 5.74) is 1.00. The lowest BCUT2D eigenvalue weighted by atomic mass is 9.80. The van der Waals surface area contributed by atoms with Crippen LogP contribution in [-0.4, -0.2) is 87.1 Å². The molecule has 4 saturated heterocycles. The summed E-state index contributed by atoms with van der Waals surface area (Å²) < 4.78 is 0. The second-order valence-corrected chi connectivity index (χ2v) is 20.1. The SMILES string of the molecule is C=C1C(C(C)C)C(CC(C)C)C(=O)N1C.CC(C)CC1C(=O)N(C)C(=O)C1C(C)C.CC(C)CC1CC(=O)N(C(C)C)C1=O.CC(C)CC1CC(=O)N(C(C)C)C1=O. The van der Waals surface area contributed by atoms with E-state index in [2.05, 4.69) is 75.8 Å². The number of imide groups is 3. The van der Waals surface area contributed by atoms with Crippen LogP contribution in [0.4, 0.5) is 0 Å². The lowest BCUT2D eigenvalue weighted by Crippen LogP contribution is -2.36. The predicted molar refractivity (Wildman–Crippen MR) is 231 cm³/mol. The Kier molecular flexibility index (Phi) is 20.7. The molecule has 0 radical (unpaired) electrons. The van der Waals surface area contributed by atoms with Crippen LogP contribution in [0.3, 0.4) is 0 Å². The van der Waals surface area contributed by atoms with Crippen molar-refractivity contribution in [1.82, 2.24) is 19.6 Å². The van der Waals surface area contributed by atoms with Gasteiger partial charge in [-0.05, 0) is 88.9 Å². The van der Waals surface area contributed by atoms with Crippen LogP contribution in [0.1, 0.15) is 149 Å². The fourth-order valence-corrected chi connectivity index (χ4v) is 9.04. The van der Waals surface area contributed by atoms with Crippen LogP contribution in [0.5, 0.6) is 0 Å². The zero-order chi connectivity index (χ0) is 45.3. The Hall–Kier alpha value is -3.37. The smallest absolute Gasteiger partial charge is 0.233 e. The Balaban J connectivity index is 0.000000387. The Morgan fingerprint density at radius 1 is 0.448 bits per heavy atom. The molecule has 0 aromatic carbocycles. The number of allylic oxidation sites excluding steroid dienone is 1. The van der Waals surface area contributed by atoms with Crippen molar-refractivity contribution in [3.05, 3.63) is 12.3 Å². The molecule has 11 nitrogen and oxygen atoms in total. The zero-order valence-corrected chi connectivity index (χ0v) is 39.7. The van der Waals surface area contributed by atoms with Crippen LogP contribution >= 0.6 is 0 Å². The molecule has 0 aromatic rings. The van der Waals surface area contributed by atoms with Gasteiger partial charge in [0, 0.05) is 68.4 Å². The molecule has 4 heterocycles. The van der Waals surface area contributed by atoms with Crippen molar-refractivity contribution < 1.29 is 33.6 Å². The van der Waals surface area contributed by atoms with Gasteiger partial charge in [-0.2, -0.15) is 0 Å². The fraction of sp³-hybridized carbons (Fsp3) is 0.809. The quantitative estimate of drug-likeness (QED) is 0.181. The minimum atomic E-state index is -0.107. The summed E-state index contributed by atoms with van der Waals surface area (Å²) in [6.45, 7) is 36.8. The lowest BCUT2D eigenvalue weighted by Gasteiger charge is -2.22. The fourth-order valence-electron chi connectivity index (χ4n) is 9.04. The predicted octanol–water partition coefficient (Wildman–Crippen LogP) is 8.46. The van der Waals surface area contributed by atoms with Gasteiger partial charge in [-0.25, -0.2) is 0 Å². The van der Waals surface area contributed by atoms with Crippen LogP contribution in [0.2, 0.25) is 0 Å². The second kappa shape index (κ2) is 22.8. The monoisotopic (exact) mass is 815 g/mol. The van der Waals surface area contributed by atoms with E-state index in [0.717, 1.165) is 31.4 Å². The molecule has 0 saturated carbocycles. The van der Waals surface area contributed by atoms with Gasteiger partial charge in [0.15, 0.2) is 0 Å². The van der Waals surface area contributed by atoms with E-state index in [1.54, 1.807) is 11.9 Å². The molecule has 11 heteroatoms. The van der Waals surface area contributed by atoms with E-state index >= 15 is 0 Å². The van der Waals surface area contributed by atoms with Crippen molar-refractivity contribution in [3.63, 3.8) is 0 Å². The maximum atomic E-state index is 12.0. The van der Waals surface area contributed by atoms with E-state index in [0.29, 0.717) is 48.3 Å². The molecular formula is C47H82N4O7. The molecule has 332 valence electrons. The third-order valence-electron chi connectivity index (χ3n) is 11.6. The molecule has 0 aliphatic carbocycles. The van der Waals surface area contributed by atoms with Crippen molar-refractivity contribution >= 4 is 41.4 Å². The number of amides is 7. The van der Waals surface area contributed by atoms with Gasteiger partial charge in [0.05, 0.1) is 11.8 Å². The summed E-state index contributed by atoms with van der Waals surface area (Å²) in [6.07, 6.45) is 4.27. The van der Waals surface area contributed by atoms with Gasteiger partial charge in [-0.3, -0.25) is 48.3 Å². The van der Waals surface area contributed by atoms with Gasteiger partial charge in [-0.1, -0.05) is 89.7 Å². The Morgan fingerprint density at radius 3 is 1.03 bits per heavy atom. The molecule has 4 fully saturated rings. The highest BCUT2D eigenvalue weighted by atomic mass is 16.2. The van der Waals surface area contributed by atoms with Gasteiger partial charge in [-0.15, -0.1) is 0 Å². The highest BCUT2D eigenvalue weighted by molar-refractivity contribution is 6.05.